The van der Waals surface area contributed by atoms with Crippen LogP contribution < -0.4 is 0 Å². The summed E-state index contributed by atoms with van der Waals surface area (Å²) in [4.78, 5) is 29.7. The van der Waals surface area contributed by atoms with Crippen LogP contribution in [0.1, 0.15) is 77.0 Å². The molecule has 2 heterocycles. The zero-order chi connectivity index (χ0) is 16.8. The monoisotopic (exact) mass is 334 g/mol. The Morgan fingerprint density at radius 3 is 1.08 bits per heavy atom. The Bertz CT molecular complexity index is 373. The van der Waals surface area contributed by atoms with Crippen LogP contribution in [0.15, 0.2) is 0 Å². The number of likely N-dealkylation sites (tertiary alicyclic amines) is 2. The van der Waals surface area contributed by atoms with Gasteiger partial charge in [-0.1, -0.05) is 25.7 Å². The van der Waals surface area contributed by atoms with Crippen molar-refractivity contribution in [1.29, 1.82) is 0 Å². The van der Waals surface area contributed by atoms with Gasteiger partial charge in [0.1, 0.15) is 0 Å². The molecule has 2 saturated heterocycles. The van der Waals surface area contributed by atoms with Crippen molar-refractivity contribution in [2.45, 2.75) is 77.0 Å². The van der Waals surface area contributed by atoms with Gasteiger partial charge in [0, 0.05) is 38.0 Å². The summed E-state index contributed by atoms with van der Waals surface area (Å²) in [5, 5.41) is 0. The lowest BCUT2D eigenvalue weighted by Gasteiger charge is -2.33. The minimum absolute atomic E-state index is 0.177. The van der Waals surface area contributed by atoms with E-state index in [1.165, 1.54) is 25.7 Å². The van der Waals surface area contributed by atoms with Crippen molar-refractivity contribution in [3.8, 4) is 0 Å². The molecular formula is C20H34N2O2. The van der Waals surface area contributed by atoms with Gasteiger partial charge in [-0.3, -0.25) is 9.59 Å². The second-order valence-electron chi connectivity index (χ2n) is 8.03. The predicted molar refractivity (Wildman–Crippen MR) is 95.5 cm³/mol. The van der Waals surface area contributed by atoms with Crippen LogP contribution in [-0.2, 0) is 9.59 Å². The molecule has 0 spiro atoms. The zero-order valence-corrected chi connectivity index (χ0v) is 15.2. The summed E-state index contributed by atoms with van der Waals surface area (Å²) < 4.78 is 0. The molecule has 4 heteroatoms. The summed E-state index contributed by atoms with van der Waals surface area (Å²) >= 11 is 0. The molecule has 0 N–H and O–H groups in total. The lowest BCUT2D eigenvalue weighted by atomic mass is 9.80. The van der Waals surface area contributed by atoms with Gasteiger partial charge < -0.3 is 9.80 Å². The average Bonchev–Trinajstić information content (AvgIpc) is 3.06. The van der Waals surface area contributed by atoms with Gasteiger partial charge in [-0.15, -0.1) is 0 Å². The smallest absolute Gasteiger partial charge is 0.225 e. The lowest BCUT2D eigenvalue weighted by molar-refractivity contribution is -0.141. The molecule has 2 aliphatic heterocycles. The summed E-state index contributed by atoms with van der Waals surface area (Å²) in [5.74, 6) is 1.10. The van der Waals surface area contributed by atoms with E-state index in [9.17, 15) is 9.59 Å². The van der Waals surface area contributed by atoms with Crippen LogP contribution in [-0.4, -0.2) is 47.8 Å². The van der Waals surface area contributed by atoms with Crippen molar-refractivity contribution in [1.82, 2.24) is 9.80 Å². The molecule has 2 amide bonds. The average molecular weight is 335 g/mol. The van der Waals surface area contributed by atoms with E-state index in [1.807, 2.05) is 0 Å². The first-order valence-electron chi connectivity index (χ1n) is 10.3. The summed E-state index contributed by atoms with van der Waals surface area (Å²) in [5.41, 5.74) is 0. The highest BCUT2D eigenvalue weighted by molar-refractivity contribution is 5.81. The Morgan fingerprint density at radius 1 is 0.500 bits per heavy atom. The number of carbonyl (C=O) groups is 2. The van der Waals surface area contributed by atoms with Crippen molar-refractivity contribution in [2.75, 3.05) is 26.2 Å². The van der Waals surface area contributed by atoms with E-state index in [4.69, 9.17) is 0 Å². The molecule has 3 aliphatic rings. The van der Waals surface area contributed by atoms with Gasteiger partial charge in [0.25, 0.3) is 0 Å². The highest BCUT2D eigenvalue weighted by Gasteiger charge is 2.34. The van der Waals surface area contributed by atoms with E-state index < -0.39 is 0 Å². The second-order valence-corrected chi connectivity index (χ2v) is 8.03. The maximum Gasteiger partial charge on any atom is 0.225 e. The highest BCUT2D eigenvalue weighted by atomic mass is 16.2. The maximum absolute atomic E-state index is 12.8. The molecule has 3 fully saturated rings. The Labute approximate surface area is 146 Å². The standard InChI is InChI=1S/C20H34N2O2/c23-19(21-13-5-1-2-6-14-21)17-9-11-18(12-10-17)20(24)22-15-7-3-4-8-16-22/h17-18H,1-16H2. The molecule has 24 heavy (non-hydrogen) atoms. The van der Waals surface area contributed by atoms with Crippen molar-refractivity contribution < 1.29 is 9.59 Å². The van der Waals surface area contributed by atoms with Crippen molar-refractivity contribution in [2.24, 2.45) is 11.8 Å². The molecule has 0 bridgehead atoms. The van der Waals surface area contributed by atoms with Gasteiger partial charge in [0.2, 0.25) is 11.8 Å². The Kier molecular flexibility index (Phi) is 6.56. The number of hydrogen-bond acceptors (Lipinski definition) is 2. The van der Waals surface area contributed by atoms with Gasteiger partial charge in [0.05, 0.1) is 0 Å². The van der Waals surface area contributed by atoms with Gasteiger partial charge in [-0.05, 0) is 51.4 Å². The van der Waals surface area contributed by atoms with Crippen LogP contribution in [0.2, 0.25) is 0 Å². The van der Waals surface area contributed by atoms with Crippen molar-refractivity contribution in [3.63, 3.8) is 0 Å². The predicted octanol–water partition coefficient (Wildman–Crippen LogP) is 3.60. The van der Waals surface area contributed by atoms with Crippen LogP contribution in [0.4, 0.5) is 0 Å². The molecule has 0 radical (unpaired) electrons. The maximum atomic E-state index is 12.8. The number of hydrogen-bond donors (Lipinski definition) is 0. The minimum Gasteiger partial charge on any atom is -0.342 e. The first kappa shape index (κ1) is 17.8. The Morgan fingerprint density at radius 2 is 0.792 bits per heavy atom. The number of amides is 2. The summed E-state index contributed by atoms with van der Waals surface area (Å²) in [6.07, 6.45) is 13.4. The third-order valence-electron chi connectivity index (χ3n) is 6.26. The fraction of sp³-hybridized carbons (Fsp3) is 0.900. The molecular weight excluding hydrogens is 300 g/mol. The van der Waals surface area contributed by atoms with Gasteiger partial charge in [-0.2, -0.15) is 0 Å². The molecule has 136 valence electrons. The quantitative estimate of drug-likeness (QED) is 0.774. The summed E-state index contributed by atoms with van der Waals surface area (Å²) in [7, 11) is 0. The van der Waals surface area contributed by atoms with E-state index in [1.54, 1.807) is 0 Å². The molecule has 0 aromatic rings. The molecule has 0 unspecified atom stereocenters. The number of rotatable bonds is 2. The van der Waals surface area contributed by atoms with E-state index in [0.717, 1.165) is 77.5 Å². The third-order valence-corrected chi connectivity index (χ3v) is 6.26. The van der Waals surface area contributed by atoms with E-state index in [2.05, 4.69) is 9.80 Å². The van der Waals surface area contributed by atoms with Crippen molar-refractivity contribution >= 4 is 11.8 Å². The summed E-state index contributed by atoms with van der Waals surface area (Å²) in [6.45, 7) is 3.80. The molecule has 1 aliphatic carbocycles. The van der Waals surface area contributed by atoms with E-state index in [-0.39, 0.29) is 11.8 Å². The molecule has 0 atom stereocenters. The van der Waals surface area contributed by atoms with Crippen LogP contribution in [0.3, 0.4) is 0 Å². The SMILES string of the molecule is O=C(C1CCC(C(=O)N2CCCCCC2)CC1)N1CCCCCC1. The minimum atomic E-state index is 0.177. The second kappa shape index (κ2) is 8.87. The van der Waals surface area contributed by atoms with Crippen LogP contribution in [0, 0.1) is 11.8 Å². The fourth-order valence-electron chi connectivity index (χ4n) is 4.69. The van der Waals surface area contributed by atoms with Crippen LogP contribution in [0.5, 0.6) is 0 Å². The summed E-state index contributed by atoms with van der Waals surface area (Å²) in [6, 6.07) is 0. The Balaban J connectivity index is 1.47. The number of carbonyl (C=O) groups excluding carboxylic acids is 2. The molecule has 3 rings (SSSR count). The molecule has 4 nitrogen and oxygen atoms in total. The largest absolute Gasteiger partial charge is 0.342 e. The van der Waals surface area contributed by atoms with E-state index >= 15 is 0 Å². The molecule has 1 saturated carbocycles. The van der Waals surface area contributed by atoms with Crippen LogP contribution >= 0.6 is 0 Å². The molecule has 0 aromatic carbocycles. The van der Waals surface area contributed by atoms with Gasteiger partial charge >= 0.3 is 0 Å². The van der Waals surface area contributed by atoms with E-state index in [0.29, 0.717) is 11.8 Å². The molecule has 0 aromatic heterocycles. The zero-order valence-electron chi connectivity index (χ0n) is 15.2. The highest BCUT2D eigenvalue weighted by Crippen LogP contribution is 2.32. The third kappa shape index (κ3) is 4.52. The topological polar surface area (TPSA) is 40.6 Å². The first-order chi connectivity index (χ1) is 11.8. The normalized spacial score (nSPS) is 29.7. The van der Waals surface area contributed by atoms with Crippen molar-refractivity contribution in [3.05, 3.63) is 0 Å². The van der Waals surface area contributed by atoms with Gasteiger partial charge in [-0.25, -0.2) is 0 Å². The van der Waals surface area contributed by atoms with Crippen LogP contribution in [0.25, 0.3) is 0 Å². The first-order valence-corrected chi connectivity index (χ1v) is 10.3. The Hall–Kier alpha value is -1.06. The number of nitrogens with zero attached hydrogens (tertiary/aromatic N) is 2. The lowest BCUT2D eigenvalue weighted by Crippen LogP contribution is -2.41. The fourth-order valence-corrected chi connectivity index (χ4v) is 4.69. The van der Waals surface area contributed by atoms with Gasteiger partial charge in [0.15, 0.2) is 0 Å².